The Kier molecular flexibility index (Phi) is 4.15. The van der Waals surface area contributed by atoms with E-state index in [4.69, 9.17) is 4.42 Å². The second-order valence-electron chi connectivity index (χ2n) is 12.1. The number of benzene rings is 7. The fraction of sp³-hybridized carbons (Fsp3) is 0. The lowest BCUT2D eigenvalue weighted by Crippen LogP contribution is -2.56. The van der Waals surface area contributed by atoms with Gasteiger partial charge in [0, 0.05) is 55.3 Å². The van der Waals surface area contributed by atoms with Gasteiger partial charge in [-0.25, -0.2) is 0 Å². The number of nitrogens with zero attached hydrogens (tertiary/aromatic N) is 2. The lowest BCUT2D eigenvalue weighted by Gasteiger charge is -2.41. The van der Waals surface area contributed by atoms with Crippen molar-refractivity contribution in [2.24, 2.45) is 0 Å². The molecule has 2 aromatic heterocycles. The normalized spacial score (nSPS) is 13.4. The van der Waals surface area contributed by atoms with E-state index < -0.39 is 0 Å². The van der Waals surface area contributed by atoms with Crippen molar-refractivity contribution >= 4 is 89.2 Å². The fourth-order valence-electron chi connectivity index (χ4n) is 8.33. The molecule has 0 saturated heterocycles. The first-order valence-corrected chi connectivity index (χ1v) is 15.2. The monoisotopic (exact) mass is 558 g/mol. The van der Waals surface area contributed by atoms with Crippen LogP contribution in [0.3, 0.4) is 0 Å². The summed E-state index contributed by atoms with van der Waals surface area (Å²) in [5.41, 5.74) is 12.2. The molecule has 0 amide bonds. The zero-order valence-corrected chi connectivity index (χ0v) is 23.7. The highest BCUT2D eigenvalue weighted by molar-refractivity contribution is 6.90. The summed E-state index contributed by atoms with van der Waals surface area (Å²) in [6.45, 7) is 0.00225. The minimum absolute atomic E-state index is 0.00225. The maximum absolute atomic E-state index is 6.24. The summed E-state index contributed by atoms with van der Waals surface area (Å²) in [5, 5.41) is 8.69. The molecule has 0 spiro atoms. The number of hydrogen-bond donors (Lipinski definition) is 0. The van der Waals surface area contributed by atoms with E-state index in [9.17, 15) is 0 Å². The van der Waals surface area contributed by atoms with Gasteiger partial charge in [0.05, 0.1) is 17.6 Å². The van der Waals surface area contributed by atoms with E-state index in [0.29, 0.717) is 0 Å². The number of aromatic nitrogens is 1. The van der Waals surface area contributed by atoms with Gasteiger partial charge in [0.25, 0.3) is 0 Å². The van der Waals surface area contributed by atoms with Gasteiger partial charge in [-0.05, 0) is 45.5 Å². The van der Waals surface area contributed by atoms with E-state index in [1.807, 2.05) is 6.26 Å². The van der Waals surface area contributed by atoms with Crippen molar-refractivity contribution in [3.8, 4) is 11.1 Å². The third-order valence-electron chi connectivity index (χ3n) is 10.0. The quantitative estimate of drug-likeness (QED) is 0.187. The maximum Gasteiger partial charge on any atom is 0.333 e. The molecule has 2 aliphatic rings. The molecule has 0 fully saturated rings. The summed E-state index contributed by atoms with van der Waals surface area (Å²) < 4.78 is 8.86. The van der Waals surface area contributed by atoms with Gasteiger partial charge in [-0.2, -0.15) is 0 Å². The van der Waals surface area contributed by atoms with Gasteiger partial charge in [0.15, 0.2) is 0 Å². The van der Waals surface area contributed by atoms with Crippen LogP contribution in [0.2, 0.25) is 0 Å². The molecule has 3 nitrogen and oxygen atoms in total. The summed E-state index contributed by atoms with van der Waals surface area (Å²) >= 11 is 0. The molecule has 44 heavy (non-hydrogen) atoms. The summed E-state index contributed by atoms with van der Waals surface area (Å²) in [7, 11) is 0. The Balaban J connectivity index is 1.41. The van der Waals surface area contributed by atoms with Gasteiger partial charge in [-0.15, -0.1) is 0 Å². The van der Waals surface area contributed by atoms with Crippen LogP contribution in [-0.2, 0) is 0 Å². The van der Waals surface area contributed by atoms with Crippen LogP contribution in [0, 0.1) is 0 Å². The SMILES string of the molecule is c1ccc2c(N3c4cc5occc5c5c4B(c4ccc6ccccc6c43)n3c4ccccc4c4cccc-5c43)cccc2c1. The Morgan fingerprint density at radius 1 is 0.545 bits per heavy atom. The molecular formula is C40H23BN2O. The first-order chi connectivity index (χ1) is 21.9. The number of furan rings is 1. The van der Waals surface area contributed by atoms with E-state index in [-0.39, 0.29) is 6.85 Å². The molecule has 7 aromatic carbocycles. The van der Waals surface area contributed by atoms with Gasteiger partial charge >= 0.3 is 6.85 Å². The predicted molar refractivity (Wildman–Crippen MR) is 185 cm³/mol. The third kappa shape index (κ3) is 2.66. The molecule has 0 radical (unpaired) electrons. The third-order valence-corrected chi connectivity index (χ3v) is 10.0. The van der Waals surface area contributed by atoms with Crippen LogP contribution >= 0.6 is 0 Å². The van der Waals surface area contributed by atoms with Crippen LogP contribution in [-0.4, -0.2) is 11.3 Å². The fourth-order valence-corrected chi connectivity index (χ4v) is 8.33. The molecule has 0 unspecified atom stereocenters. The Bertz CT molecular complexity index is 2690. The standard InChI is InChI=1S/C40H23BN2O/c1-3-12-26-24(9-1)11-7-18-33(26)42-35-23-36-30(21-22-44-36)37-31-16-8-15-29-28-14-5-6-17-34(28)43(39(29)31)41(38(35)37)32-20-19-25-10-2-4-13-27(25)40(32)42/h1-23H. The molecule has 202 valence electrons. The van der Waals surface area contributed by atoms with Crippen LogP contribution in [0.1, 0.15) is 0 Å². The Labute approximate surface area is 253 Å². The van der Waals surface area contributed by atoms with Crippen molar-refractivity contribution in [2.45, 2.75) is 0 Å². The second kappa shape index (κ2) is 8.00. The molecular weight excluding hydrogens is 535 g/mol. The van der Waals surface area contributed by atoms with Crippen molar-refractivity contribution in [3.05, 3.63) is 140 Å². The average Bonchev–Trinajstić information content (AvgIpc) is 3.69. The highest BCUT2D eigenvalue weighted by Crippen LogP contribution is 2.49. The van der Waals surface area contributed by atoms with Crippen LogP contribution < -0.4 is 15.8 Å². The number of rotatable bonds is 1. The number of anilines is 3. The van der Waals surface area contributed by atoms with E-state index in [1.54, 1.807) is 0 Å². The minimum Gasteiger partial charge on any atom is -0.464 e. The first-order valence-electron chi connectivity index (χ1n) is 15.2. The minimum atomic E-state index is 0.00225. The van der Waals surface area contributed by atoms with Crippen molar-refractivity contribution in [1.82, 2.24) is 4.48 Å². The van der Waals surface area contributed by atoms with Crippen molar-refractivity contribution in [3.63, 3.8) is 0 Å². The lowest BCUT2D eigenvalue weighted by molar-refractivity contribution is 0.616. The molecule has 9 aromatic rings. The van der Waals surface area contributed by atoms with E-state index in [1.165, 1.54) is 87.9 Å². The summed E-state index contributed by atoms with van der Waals surface area (Å²) in [6.07, 6.45) is 1.84. The predicted octanol–water partition coefficient (Wildman–Crippen LogP) is 9.26. The second-order valence-corrected chi connectivity index (χ2v) is 12.1. The van der Waals surface area contributed by atoms with Gasteiger partial charge < -0.3 is 13.8 Å². The van der Waals surface area contributed by atoms with Crippen molar-refractivity contribution in [2.75, 3.05) is 4.90 Å². The van der Waals surface area contributed by atoms with Gasteiger partial charge in [-0.1, -0.05) is 109 Å². The highest BCUT2D eigenvalue weighted by Gasteiger charge is 2.44. The molecule has 0 atom stereocenters. The van der Waals surface area contributed by atoms with Gasteiger partial charge in [-0.3, -0.25) is 0 Å². The van der Waals surface area contributed by atoms with Crippen LogP contribution in [0.4, 0.5) is 17.1 Å². The largest absolute Gasteiger partial charge is 0.464 e. The Morgan fingerprint density at radius 2 is 1.27 bits per heavy atom. The van der Waals surface area contributed by atoms with E-state index in [0.717, 1.165) is 5.58 Å². The topological polar surface area (TPSA) is 21.3 Å². The number of para-hydroxylation sites is 2. The first kappa shape index (κ1) is 22.8. The summed E-state index contributed by atoms with van der Waals surface area (Å²) in [5.74, 6) is 0. The number of fused-ring (bicyclic) bond motifs is 12. The Hall–Kier alpha value is -5.74. The molecule has 0 aliphatic carbocycles. The molecule has 2 aliphatic heterocycles. The molecule has 11 rings (SSSR count). The maximum atomic E-state index is 6.24. The summed E-state index contributed by atoms with van der Waals surface area (Å²) in [4.78, 5) is 2.52. The van der Waals surface area contributed by atoms with Gasteiger partial charge in [0.1, 0.15) is 5.58 Å². The number of hydrogen-bond acceptors (Lipinski definition) is 2. The molecule has 0 bridgehead atoms. The molecule has 0 saturated carbocycles. The lowest BCUT2D eigenvalue weighted by atomic mass is 9.44. The smallest absolute Gasteiger partial charge is 0.333 e. The van der Waals surface area contributed by atoms with Crippen molar-refractivity contribution < 1.29 is 4.42 Å². The van der Waals surface area contributed by atoms with Crippen LogP contribution in [0.25, 0.3) is 65.4 Å². The Morgan fingerprint density at radius 3 is 2.18 bits per heavy atom. The van der Waals surface area contributed by atoms with Crippen LogP contribution in [0.5, 0.6) is 0 Å². The van der Waals surface area contributed by atoms with E-state index in [2.05, 4.69) is 143 Å². The average molecular weight is 558 g/mol. The van der Waals surface area contributed by atoms with Gasteiger partial charge in [0.2, 0.25) is 0 Å². The van der Waals surface area contributed by atoms with E-state index >= 15 is 0 Å². The molecule has 0 N–H and O–H groups in total. The zero-order valence-electron chi connectivity index (χ0n) is 23.7. The zero-order chi connectivity index (χ0) is 28.5. The molecule has 4 heterocycles. The van der Waals surface area contributed by atoms with Crippen molar-refractivity contribution in [1.29, 1.82) is 0 Å². The summed E-state index contributed by atoms with van der Waals surface area (Å²) in [6, 6.07) is 49.0. The molecule has 4 heteroatoms. The van der Waals surface area contributed by atoms with Crippen LogP contribution in [0.15, 0.2) is 144 Å². The highest BCUT2D eigenvalue weighted by atomic mass is 16.3.